The van der Waals surface area contributed by atoms with Crippen LogP contribution in [0.25, 0.3) is 16.8 Å². The first kappa shape index (κ1) is 17.5. The largest absolute Gasteiger partial charge is 0.447 e. The number of thioether (sulfide) groups is 1. The number of benzene rings is 1. The summed E-state index contributed by atoms with van der Waals surface area (Å²) in [5.74, 6) is -0.193. The number of aromatic nitrogens is 3. The Morgan fingerprint density at radius 1 is 1.26 bits per heavy atom. The molecule has 2 aromatic heterocycles. The van der Waals surface area contributed by atoms with Crippen LogP contribution >= 0.6 is 11.8 Å². The van der Waals surface area contributed by atoms with E-state index >= 15 is 0 Å². The zero-order chi connectivity index (χ0) is 19.0. The lowest BCUT2D eigenvalue weighted by Gasteiger charge is -2.09. The first-order valence-corrected chi connectivity index (χ1v) is 9.55. The monoisotopic (exact) mass is 382 g/mol. The van der Waals surface area contributed by atoms with Crippen LogP contribution in [0.5, 0.6) is 0 Å². The van der Waals surface area contributed by atoms with Gasteiger partial charge in [-0.2, -0.15) is 5.10 Å². The summed E-state index contributed by atoms with van der Waals surface area (Å²) in [5.41, 5.74) is 4.67. The van der Waals surface area contributed by atoms with Crippen LogP contribution in [0, 0.1) is 13.8 Å². The van der Waals surface area contributed by atoms with Crippen molar-refractivity contribution in [2.45, 2.75) is 19.0 Å². The van der Waals surface area contributed by atoms with Crippen molar-refractivity contribution in [3.8, 4) is 11.3 Å². The second-order valence-corrected chi connectivity index (χ2v) is 7.23. The molecule has 0 spiro atoms. The number of rotatable bonds is 4. The Balaban J connectivity index is 1.70. The van der Waals surface area contributed by atoms with Crippen molar-refractivity contribution in [2.75, 3.05) is 18.9 Å². The zero-order valence-electron chi connectivity index (χ0n) is 15.0. The third kappa shape index (κ3) is 3.28. The lowest BCUT2D eigenvalue weighted by Crippen LogP contribution is -2.33. The Kier molecular flexibility index (Phi) is 4.57. The summed E-state index contributed by atoms with van der Waals surface area (Å²) in [7, 11) is 0. The van der Waals surface area contributed by atoms with Gasteiger partial charge in [0.05, 0.1) is 29.2 Å². The lowest BCUT2D eigenvalue weighted by molar-refractivity contribution is -0.125. The van der Waals surface area contributed by atoms with E-state index in [9.17, 15) is 9.59 Å². The molecule has 0 atom stereocenters. The number of amides is 2. The molecule has 3 aromatic rings. The molecule has 0 bridgehead atoms. The van der Waals surface area contributed by atoms with Crippen LogP contribution in [0.2, 0.25) is 0 Å². The SMILES string of the molecule is Cc1cc(C)c2c(-c3ccccc3)nc(SCC(=O)N3CCOC3=O)n2n1. The van der Waals surface area contributed by atoms with E-state index in [2.05, 4.69) is 5.10 Å². The van der Waals surface area contributed by atoms with E-state index in [4.69, 9.17) is 9.72 Å². The lowest BCUT2D eigenvalue weighted by atomic mass is 10.1. The number of carbonyl (C=O) groups is 2. The molecule has 7 nitrogen and oxygen atoms in total. The normalized spacial score (nSPS) is 14.0. The van der Waals surface area contributed by atoms with Crippen LogP contribution < -0.4 is 0 Å². The van der Waals surface area contributed by atoms with Gasteiger partial charge in [0.15, 0.2) is 5.16 Å². The first-order chi connectivity index (χ1) is 13.0. The number of hydrogen-bond donors (Lipinski definition) is 0. The number of hydrogen-bond acceptors (Lipinski definition) is 6. The van der Waals surface area contributed by atoms with E-state index in [1.54, 1.807) is 4.52 Å². The number of imidazole rings is 1. The fourth-order valence-electron chi connectivity index (χ4n) is 3.12. The molecule has 0 saturated carbocycles. The molecule has 27 heavy (non-hydrogen) atoms. The number of ether oxygens (including phenoxy) is 1. The molecule has 8 heteroatoms. The second kappa shape index (κ2) is 7.03. The molecular formula is C19H18N4O3S. The van der Waals surface area contributed by atoms with Gasteiger partial charge in [-0.1, -0.05) is 42.1 Å². The molecule has 0 radical (unpaired) electrons. The van der Waals surface area contributed by atoms with Gasteiger partial charge in [0.2, 0.25) is 5.91 Å². The average molecular weight is 382 g/mol. The Morgan fingerprint density at radius 3 is 2.74 bits per heavy atom. The molecule has 1 aliphatic heterocycles. The van der Waals surface area contributed by atoms with Crippen molar-refractivity contribution < 1.29 is 14.3 Å². The Morgan fingerprint density at radius 2 is 2.04 bits per heavy atom. The van der Waals surface area contributed by atoms with Crippen molar-refractivity contribution >= 4 is 29.3 Å². The van der Waals surface area contributed by atoms with Gasteiger partial charge < -0.3 is 4.74 Å². The second-order valence-electron chi connectivity index (χ2n) is 6.29. The van der Waals surface area contributed by atoms with Gasteiger partial charge in [-0.15, -0.1) is 0 Å². The first-order valence-electron chi connectivity index (χ1n) is 8.57. The minimum absolute atomic E-state index is 0.0944. The van der Waals surface area contributed by atoms with Crippen molar-refractivity contribution in [1.29, 1.82) is 0 Å². The van der Waals surface area contributed by atoms with Gasteiger partial charge in [0, 0.05) is 5.56 Å². The predicted octanol–water partition coefficient (Wildman–Crippen LogP) is 3.08. The summed E-state index contributed by atoms with van der Waals surface area (Å²) >= 11 is 1.27. The highest BCUT2D eigenvalue weighted by atomic mass is 32.2. The number of carbonyl (C=O) groups excluding carboxylic acids is 2. The van der Waals surface area contributed by atoms with Crippen LogP contribution in [0.1, 0.15) is 11.3 Å². The van der Waals surface area contributed by atoms with Gasteiger partial charge in [-0.3, -0.25) is 4.79 Å². The van der Waals surface area contributed by atoms with E-state index in [1.165, 1.54) is 11.8 Å². The fourth-order valence-corrected chi connectivity index (χ4v) is 3.94. The Bertz CT molecular complexity index is 1030. The summed E-state index contributed by atoms with van der Waals surface area (Å²) in [6.45, 7) is 4.50. The van der Waals surface area contributed by atoms with E-state index in [0.29, 0.717) is 11.7 Å². The highest BCUT2D eigenvalue weighted by Gasteiger charge is 2.28. The Labute approximate surface area is 160 Å². The number of fused-ring (bicyclic) bond motifs is 1. The molecule has 1 saturated heterocycles. The molecule has 0 N–H and O–H groups in total. The van der Waals surface area contributed by atoms with Gasteiger partial charge in [0.1, 0.15) is 6.61 Å². The van der Waals surface area contributed by atoms with Crippen LogP contribution in [0.15, 0.2) is 41.6 Å². The molecular weight excluding hydrogens is 364 g/mol. The van der Waals surface area contributed by atoms with E-state index < -0.39 is 6.09 Å². The molecule has 3 heterocycles. The summed E-state index contributed by atoms with van der Waals surface area (Å²) < 4.78 is 6.61. The van der Waals surface area contributed by atoms with Gasteiger partial charge in [-0.05, 0) is 25.5 Å². The van der Waals surface area contributed by atoms with Crippen molar-refractivity contribution in [3.05, 3.63) is 47.7 Å². The van der Waals surface area contributed by atoms with Crippen molar-refractivity contribution in [1.82, 2.24) is 19.5 Å². The van der Waals surface area contributed by atoms with E-state index in [0.717, 1.165) is 32.9 Å². The maximum atomic E-state index is 12.3. The molecule has 2 amide bonds. The number of aryl methyl sites for hydroxylation is 2. The quantitative estimate of drug-likeness (QED) is 0.646. The standard InChI is InChI=1S/C19H18N4O3S/c1-12-10-13(2)21-23-17(12)16(14-6-4-3-5-7-14)20-18(23)27-11-15(24)22-8-9-26-19(22)25/h3-7,10H,8-9,11H2,1-2H3. The summed E-state index contributed by atoms with van der Waals surface area (Å²) in [4.78, 5) is 29.8. The van der Waals surface area contributed by atoms with Crippen LogP contribution in [-0.4, -0.2) is 50.4 Å². The van der Waals surface area contributed by atoms with Crippen LogP contribution in [0.3, 0.4) is 0 Å². The molecule has 1 fully saturated rings. The minimum atomic E-state index is -0.580. The average Bonchev–Trinajstić information content (AvgIpc) is 3.24. The minimum Gasteiger partial charge on any atom is -0.447 e. The topological polar surface area (TPSA) is 76.8 Å². The number of imide groups is 1. The molecule has 0 aliphatic carbocycles. The number of cyclic esters (lactones) is 1. The third-order valence-corrected chi connectivity index (χ3v) is 5.23. The maximum absolute atomic E-state index is 12.3. The highest BCUT2D eigenvalue weighted by molar-refractivity contribution is 7.99. The Hall–Kier alpha value is -2.87. The smallest absolute Gasteiger partial charge is 0.416 e. The van der Waals surface area contributed by atoms with Crippen LogP contribution in [0.4, 0.5) is 4.79 Å². The summed E-state index contributed by atoms with van der Waals surface area (Å²) in [5, 5.41) is 5.21. The molecule has 0 unspecified atom stereocenters. The van der Waals surface area contributed by atoms with Crippen LogP contribution in [-0.2, 0) is 9.53 Å². The van der Waals surface area contributed by atoms with E-state index in [-0.39, 0.29) is 18.3 Å². The van der Waals surface area contributed by atoms with E-state index in [1.807, 2.05) is 50.2 Å². The zero-order valence-corrected chi connectivity index (χ0v) is 15.8. The molecule has 138 valence electrons. The molecule has 4 rings (SSSR count). The van der Waals surface area contributed by atoms with Crippen molar-refractivity contribution in [3.63, 3.8) is 0 Å². The molecule has 1 aliphatic rings. The maximum Gasteiger partial charge on any atom is 0.416 e. The van der Waals surface area contributed by atoms with Gasteiger partial charge in [0.25, 0.3) is 0 Å². The number of nitrogens with zero attached hydrogens (tertiary/aromatic N) is 4. The van der Waals surface area contributed by atoms with Crippen molar-refractivity contribution in [2.24, 2.45) is 0 Å². The highest BCUT2D eigenvalue weighted by Crippen LogP contribution is 2.31. The summed E-state index contributed by atoms with van der Waals surface area (Å²) in [6.07, 6.45) is -0.580. The summed E-state index contributed by atoms with van der Waals surface area (Å²) in [6, 6.07) is 11.9. The fraction of sp³-hybridized carbons (Fsp3) is 0.263. The molecule has 1 aromatic carbocycles. The predicted molar refractivity (Wildman–Crippen MR) is 102 cm³/mol. The van der Waals surface area contributed by atoms with Gasteiger partial charge in [-0.25, -0.2) is 19.2 Å². The van der Waals surface area contributed by atoms with Gasteiger partial charge >= 0.3 is 6.09 Å². The third-order valence-electron chi connectivity index (χ3n) is 4.32.